The smallest absolute Gasteiger partial charge is 0.179 e. The van der Waals surface area contributed by atoms with Crippen LogP contribution in [-0.2, 0) is 0 Å². The molecule has 4 heteroatoms. The number of hydrogen-bond donors (Lipinski definition) is 0. The van der Waals surface area contributed by atoms with Crippen LogP contribution >= 0.6 is 0 Å². The van der Waals surface area contributed by atoms with Crippen LogP contribution in [0.1, 0.15) is 5.56 Å². The first-order valence-electron chi connectivity index (χ1n) is 18.5. The van der Waals surface area contributed by atoms with Gasteiger partial charge >= 0.3 is 0 Å². The maximum atomic E-state index is 5.41. The molecule has 0 spiro atoms. The highest BCUT2D eigenvalue weighted by Gasteiger charge is 2.42. The number of anilines is 2. The minimum atomic E-state index is -2.73. The standard InChI is InChI=1S/C50H39N3Si/c1-7-20-39(21-8-1)42-34-43(40-22-9-2-10-23-40)36-45(35-42)53-38-52(50(51-53)41-24-11-3-12-25-41)44-26-19-33-49(37-44)54(46-27-13-4-14-28-46,47-29-15-5-16-30-47)48-31-17-6-18-32-48/h1-37H,38H2. The van der Waals surface area contributed by atoms with Gasteiger partial charge in [-0.3, -0.25) is 0 Å². The fraction of sp³-hybridized carbons (Fsp3) is 0.0200. The largest absolute Gasteiger partial charge is 0.304 e. The third-order valence-corrected chi connectivity index (χ3v) is 15.2. The zero-order valence-electron chi connectivity index (χ0n) is 29.9. The van der Waals surface area contributed by atoms with Crippen molar-refractivity contribution in [3.63, 3.8) is 0 Å². The minimum absolute atomic E-state index is 0.566. The van der Waals surface area contributed by atoms with Gasteiger partial charge in [-0.1, -0.05) is 194 Å². The summed E-state index contributed by atoms with van der Waals surface area (Å²) in [6, 6.07) is 81.2. The van der Waals surface area contributed by atoms with Gasteiger partial charge in [-0.15, -0.1) is 0 Å². The molecule has 3 nitrogen and oxygen atoms in total. The molecule has 0 aliphatic carbocycles. The topological polar surface area (TPSA) is 18.8 Å². The lowest BCUT2D eigenvalue weighted by Gasteiger charge is -2.35. The Labute approximate surface area is 318 Å². The van der Waals surface area contributed by atoms with Gasteiger partial charge in [0.15, 0.2) is 13.9 Å². The molecule has 258 valence electrons. The van der Waals surface area contributed by atoms with Crippen LogP contribution in [0.15, 0.2) is 230 Å². The third kappa shape index (κ3) is 6.23. The van der Waals surface area contributed by atoms with Crippen molar-refractivity contribution < 1.29 is 0 Å². The molecule has 0 radical (unpaired) electrons. The van der Waals surface area contributed by atoms with Crippen molar-refractivity contribution in [3.05, 3.63) is 230 Å². The van der Waals surface area contributed by atoms with E-state index >= 15 is 0 Å². The second-order valence-electron chi connectivity index (χ2n) is 13.7. The summed E-state index contributed by atoms with van der Waals surface area (Å²) in [5.74, 6) is 0.922. The van der Waals surface area contributed by atoms with E-state index < -0.39 is 8.07 Å². The minimum Gasteiger partial charge on any atom is -0.304 e. The summed E-state index contributed by atoms with van der Waals surface area (Å²) in [5, 5.41) is 12.9. The van der Waals surface area contributed by atoms with Crippen molar-refractivity contribution in [1.29, 1.82) is 0 Å². The maximum absolute atomic E-state index is 5.41. The van der Waals surface area contributed by atoms with Crippen LogP contribution in [0.25, 0.3) is 22.3 Å². The number of nitrogens with zero attached hydrogens (tertiary/aromatic N) is 3. The summed E-state index contributed by atoms with van der Waals surface area (Å²) in [6.45, 7) is 0.566. The van der Waals surface area contributed by atoms with Crippen LogP contribution in [-0.4, -0.2) is 20.6 Å². The molecule has 0 saturated carbocycles. The highest BCUT2D eigenvalue weighted by atomic mass is 28.3. The van der Waals surface area contributed by atoms with Crippen LogP contribution in [0, 0.1) is 0 Å². The molecular weight excluding hydrogens is 671 g/mol. The van der Waals surface area contributed by atoms with Crippen molar-refractivity contribution in [2.75, 3.05) is 16.6 Å². The van der Waals surface area contributed by atoms with Gasteiger partial charge in [-0.05, 0) is 73.3 Å². The van der Waals surface area contributed by atoms with Crippen LogP contribution in [0.5, 0.6) is 0 Å². The quantitative estimate of drug-likeness (QED) is 0.110. The molecule has 0 aromatic heterocycles. The summed E-state index contributed by atoms with van der Waals surface area (Å²) in [5.41, 5.74) is 7.91. The molecule has 0 N–H and O–H groups in total. The zero-order valence-corrected chi connectivity index (χ0v) is 30.9. The van der Waals surface area contributed by atoms with E-state index in [4.69, 9.17) is 5.10 Å². The lowest BCUT2D eigenvalue weighted by atomic mass is 9.98. The van der Waals surface area contributed by atoms with Crippen molar-refractivity contribution in [3.8, 4) is 22.3 Å². The Bertz CT molecular complexity index is 2350. The van der Waals surface area contributed by atoms with Crippen LogP contribution < -0.4 is 30.7 Å². The average molecular weight is 710 g/mol. The Balaban J connectivity index is 1.20. The Morgan fingerprint density at radius 1 is 0.333 bits per heavy atom. The molecule has 54 heavy (non-hydrogen) atoms. The lowest BCUT2D eigenvalue weighted by Crippen LogP contribution is -2.74. The molecule has 1 heterocycles. The first-order valence-corrected chi connectivity index (χ1v) is 20.5. The van der Waals surface area contributed by atoms with Gasteiger partial charge in [-0.2, -0.15) is 5.10 Å². The van der Waals surface area contributed by atoms with Gasteiger partial charge < -0.3 is 4.90 Å². The summed E-state index contributed by atoms with van der Waals surface area (Å²) >= 11 is 0. The van der Waals surface area contributed by atoms with E-state index in [1.165, 1.54) is 31.9 Å². The second-order valence-corrected chi connectivity index (χ2v) is 17.5. The average Bonchev–Trinajstić information content (AvgIpc) is 3.72. The molecule has 0 saturated heterocycles. The number of amidine groups is 1. The van der Waals surface area contributed by atoms with E-state index in [2.05, 4.69) is 234 Å². The highest BCUT2D eigenvalue weighted by molar-refractivity contribution is 7.19. The Morgan fingerprint density at radius 3 is 1.20 bits per heavy atom. The van der Waals surface area contributed by atoms with Crippen molar-refractivity contribution in [2.24, 2.45) is 5.10 Å². The van der Waals surface area contributed by atoms with Crippen LogP contribution in [0.3, 0.4) is 0 Å². The van der Waals surface area contributed by atoms with E-state index in [0.29, 0.717) is 6.67 Å². The van der Waals surface area contributed by atoms with Gasteiger partial charge in [0, 0.05) is 11.3 Å². The SMILES string of the molecule is c1ccc(C2=NN(c3cc(-c4ccccc4)cc(-c4ccccc4)c3)CN2c2cccc([Si](c3ccccc3)(c3ccccc3)c3ccccc3)c2)cc1. The second kappa shape index (κ2) is 14.7. The number of hydrogen-bond acceptors (Lipinski definition) is 3. The summed E-state index contributed by atoms with van der Waals surface area (Å²) in [4.78, 5) is 2.37. The maximum Gasteiger partial charge on any atom is 0.179 e. The normalized spacial score (nSPS) is 12.8. The van der Waals surface area contributed by atoms with E-state index in [1.807, 2.05) is 0 Å². The highest BCUT2D eigenvalue weighted by Crippen LogP contribution is 2.35. The lowest BCUT2D eigenvalue weighted by molar-refractivity contribution is 0.913. The number of hydrazone groups is 1. The van der Waals surface area contributed by atoms with Crippen LogP contribution in [0.4, 0.5) is 11.4 Å². The van der Waals surface area contributed by atoms with Gasteiger partial charge in [0.2, 0.25) is 0 Å². The first kappa shape index (κ1) is 33.1. The predicted molar refractivity (Wildman–Crippen MR) is 230 cm³/mol. The molecule has 0 fully saturated rings. The Morgan fingerprint density at radius 2 is 0.741 bits per heavy atom. The molecule has 8 aromatic carbocycles. The monoisotopic (exact) mass is 709 g/mol. The fourth-order valence-corrected chi connectivity index (χ4v) is 12.7. The molecule has 1 aliphatic heterocycles. The van der Waals surface area contributed by atoms with Gasteiger partial charge in [0.1, 0.15) is 6.67 Å². The van der Waals surface area contributed by atoms with Crippen molar-refractivity contribution >= 4 is 46.0 Å². The molecule has 0 atom stereocenters. The molecule has 1 aliphatic rings. The van der Waals surface area contributed by atoms with Crippen molar-refractivity contribution in [2.45, 2.75) is 0 Å². The molecule has 8 aromatic rings. The fourth-order valence-electron chi connectivity index (χ4n) is 7.87. The molecule has 0 bridgehead atoms. The summed E-state index contributed by atoms with van der Waals surface area (Å²) in [7, 11) is -2.73. The van der Waals surface area contributed by atoms with Gasteiger partial charge in [0.25, 0.3) is 0 Å². The molecule has 9 rings (SSSR count). The summed E-state index contributed by atoms with van der Waals surface area (Å²) < 4.78 is 0. The molecule has 0 amide bonds. The van der Waals surface area contributed by atoms with Gasteiger partial charge in [-0.25, -0.2) is 5.01 Å². The molecule has 0 unspecified atom stereocenters. The predicted octanol–water partition coefficient (Wildman–Crippen LogP) is 9.04. The van der Waals surface area contributed by atoms with E-state index in [1.54, 1.807) is 0 Å². The Hall–Kier alpha value is -6.75. The first-order chi connectivity index (χ1) is 26.8. The molecular formula is C50H39N3Si. The van der Waals surface area contributed by atoms with Crippen molar-refractivity contribution in [1.82, 2.24) is 0 Å². The number of rotatable bonds is 9. The summed E-state index contributed by atoms with van der Waals surface area (Å²) in [6.07, 6.45) is 0. The van der Waals surface area contributed by atoms with Gasteiger partial charge in [0.05, 0.1) is 5.69 Å². The third-order valence-electron chi connectivity index (χ3n) is 10.4. The van der Waals surface area contributed by atoms with E-state index in [9.17, 15) is 0 Å². The van der Waals surface area contributed by atoms with E-state index in [-0.39, 0.29) is 0 Å². The zero-order chi connectivity index (χ0) is 36.2. The van der Waals surface area contributed by atoms with Crippen LogP contribution in [0.2, 0.25) is 0 Å². The van der Waals surface area contributed by atoms with E-state index in [0.717, 1.165) is 33.9 Å². The Kier molecular flexibility index (Phi) is 9.01. The number of benzene rings is 8.